The van der Waals surface area contributed by atoms with Crippen molar-refractivity contribution in [1.29, 1.82) is 0 Å². The third-order valence-electron chi connectivity index (χ3n) is 0.807. The standard InChI is InChI=1S/C5H8N2.C2H6/c1-5-2-6-4-7-3-5;1-2/h2-3,6H,4H2,1H3;1-2H3. The van der Waals surface area contributed by atoms with E-state index in [9.17, 15) is 0 Å². The van der Waals surface area contributed by atoms with Gasteiger partial charge in [-0.25, -0.2) is 0 Å². The van der Waals surface area contributed by atoms with Gasteiger partial charge in [0.1, 0.15) is 6.67 Å². The van der Waals surface area contributed by atoms with Gasteiger partial charge in [0, 0.05) is 12.4 Å². The highest BCUT2D eigenvalue weighted by Crippen LogP contribution is 1.87. The number of hydrogen-bond donors (Lipinski definition) is 1. The average Bonchev–Trinajstić information content (AvgIpc) is 1.94. The molecule has 0 aromatic carbocycles. The third-order valence-corrected chi connectivity index (χ3v) is 0.807. The van der Waals surface area contributed by atoms with Crippen molar-refractivity contribution >= 4 is 6.21 Å². The summed E-state index contributed by atoms with van der Waals surface area (Å²) >= 11 is 0. The van der Waals surface area contributed by atoms with Crippen LogP contribution >= 0.6 is 0 Å². The molecule has 1 N–H and O–H groups in total. The molecule has 0 amide bonds. The molecule has 9 heavy (non-hydrogen) atoms. The van der Waals surface area contributed by atoms with Crippen LogP contribution in [-0.2, 0) is 0 Å². The van der Waals surface area contributed by atoms with Crippen molar-refractivity contribution in [2.45, 2.75) is 20.8 Å². The molecule has 0 saturated carbocycles. The van der Waals surface area contributed by atoms with Crippen LogP contribution in [0.4, 0.5) is 0 Å². The van der Waals surface area contributed by atoms with Gasteiger partial charge < -0.3 is 5.32 Å². The van der Waals surface area contributed by atoms with E-state index < -0.39 is 0 Å². The second-order valence-electron chi connectivity index (χ2n) is 1.56. The molecule has 0 aliphatic carbocycles. The summed E-state index contributed by atoms with van der Waals surface area (Å²) in [7, 11) is 0. The van der Waals surface area contributed by atoms with Gasteiger partial charge in [-0.1, -0.05) is 13.8 Å². The average molecular weight is 126 g/mol. The summed E-state index contributed by atoms with van der Waals surface area (Å²) in [6, 6.07) is 0. The maximum absolute atomic E-state index is 3.95. The summed E-state index contributed by atoms with van der Waals surface area (Å²) in [5.41, 5.74) is 1.19. The topological polar surface area (TPSA) is 24.4 Å². The van der Waals surface area contributed by atoms with Crippen molar-refractivity contribution in [3.63, 3.8) is 0 Å². The fraction of sp³-hybridized carbons (Fsp3) is 0.571. The molecule has 1 heterocycles. The van der Waals surface area contributed by atoms with Crippen LogP contribution < -0.4 is 5.32 Å². The fourth-order valence-electron chi connectivity index (χ4n) is 0.486. The lowest BCUT2D eigenvalue weighted by atomic mass is 10.3. The van der Waals surface area contributed by atoms with Gasteiger partial charge >= 0.3 is 0 Å². The number of aliphatic imine (C=N–C) groups is 1. The van der Waals surface area contributed by atoms with Gasteiger partial charge in [0.15, 0.2) is 0 Å². The van der Waals surface area contributed by atoms with Crippen molar-refractivity contribution in [3.05, 3.63) is 11.8 Å². The zero-order valence-corrected chi connectivity index (χ0v) is 6.31. The van der Waals surface area contributed by atoms with Gasteiger partial charge in [0.05, 0.1) is 0 Å². The first-order chi connectivity index (χ1) is 4.39. The van der Waals surface area contributed by atoms with Crippen LogP contribution in [0.3, 0.4) is 0 Å². The van der Waals surface area contributed by atoms with E-state index in [1.807, 2.05) is 33.2 Å². The summed E-state index contributed by atoms with van der Waals surface area (Å²) in [5, 5.41) is 2.97. The van der Waals surface area contributed by atoms with E-state index in [0.29, 0.717) is 0 Å². The van der Waals surface area contributed by atoms with E-state index in [4.69, 9.17) is 0 Å². The smallest absolute Gasteiger partial charge is 0.107 e. The predicted molar refractivity (Wildman–Crippen MR) is 41.6 cm³/mol. The minimum Gasteiger partial charge on any atom is -0.372 e. The number of allylic oxidation sites excluding steroid dienone is 1. The van der Waals surface area contributed by atoms with Gasteiger partial charge in [0.2, 0.25) is 0 Å². The molecule has 52 valence electrons. The van der Waals surface area contributed by atoms with E-state index in [1.165, 1.54) is 5.57 Å². The van der Waals surface area contributed by atoms with Gasteiger partial charge in [-0.2, -0.15) is 0 Å². The Balaban J connectivity index is 0.000000291. The van der Waals surface area contributed by atoms with E-state index in [2.05, 4.69) is 10.3 Å². The molecule has 0 spiro atoms. The molecule has 0 radical (unpaired) electrons. The Labute approximate surface area is 56.7 Å². The first-order valence-electron chi connectivity index (χ1n) is 3.29. The summed E-state index contributed by atoms with van der Waals surface area (Å²) < 4.78 is 0. The van der Waals surface area contributed by atoms with E-state index in [0.717, 1.165) is 6.67 Å². The monoisotopic (exact) mass is 126 g/mol. The number of nitrogens with one attached hydrogen (secondary N) is 1. The van der Waals surface area contributed by atoms with Crippen molar-refractivity contribution < 1.29 is 0 Å². The maximum Gasteiger partial charge on any atom is 0.107 e. The van der Waals surface area contributed by atoms with Gasteiger partial charge in [0.25, 0.3) is 0 Å². The molecular formula is C7H14N2. The quantitative estimate of drug-likeness (QED) is 0.523. The summed E-state index contributed by atoms with van der Waals surface area (Å²) in [4.78, 5) is 3.95. The molecule has 0 saturated heterocycles. The van der Waals surface area contributed by atoms with Gasteiger partial charge in [-0.05, 0) is 12.5 Å². The Morgan fingerprint density at radius 3 is 2.44 bits per heavy atom. The van der Waals surface area contributed by atoms with Gasteiger partial charge in [-0.3, -0.25) is 4.99 Å². The lowest BCUT2D eigenvalue weighted by molar-refractivity contribution is 0.869. The second-order valence-corrected chi connectivity index (χ2v) is 1.56. The highest BCUT2D eigenvalue weighted by atomic mass is 15.0. The Bertz CT molecular complexity index is 114. The largest absolute Gasteiger partial charge is 0.372 e. The van der Waals surface area contributed by atoms with Crippen LogP contribution in [0.2, 0.25) is 0 Å². The van der Waals surface area contributed by atoms with E-state index in [-0.39, 0.29) is 0 Å². The minimum atomic E-state index is 0.733. The number of hydrogen-bond acceptors (Lipinski definition) is 2. The molecule has 0 bridgehead atoms. The maximum atomic E-state index is 3.95. The Kier molecular flexibility index (Phi) is 4.88. The molecule has 1 aliphatic heterocycles. The molecule has 1 rings (SSSR count). The molecule has 2 heteroatoms. The first-order valence-corrected chi connectivity index (χ1v) is 3.29. The molecule has 0 atom stereocenters. The molecular weight excluding hydrogens is 112 g/mol. The minimum absolute atomic E-state index is 0.733. The van der Waals surface area contributed by atoms with Crippen LogP contribution in [0.1, 0.15) is 20.8 Å². The number of rotatable bonds is 0. The Morgan fingerprint density at radius 2 is 2.22 bits per heavy atom. The van der Waals surface area contributed by atoms with Crippen molar-refractivity contribution in [1.82, 2.24) is 5.32 Å². The molecule has 0 unspecified atom stereocenters. The molecule has 2 nitrogen and oxygen atoms in total. The van der Waals surface area contributed by atoms with E-state index >= 15 is 0 Å². The van der Waals surface area contributed by atoms with Crippen LogP contribution in [-0.4, -0.2) is 12.9 Å². The highest BCUT2D eigenvalue weighted by molar-refractivity contribution is 5.78. The van der Waals surface area contributed by atoms with Crippen molar-refractivity contribution in [2.24, 2.45) is 4.99 Å². The molecule has 0 aromatic heterocycles. The summed E-state index contributed by atoms with van der Waals surface area (Å²) in [6.07, 6.45) is 3.81. The Morgan fingerprint density at radius 1 is 1.56 bits per heavy atom. The van der Waals surface area contributed by atoms with Gasteiger partial charge in [-0.15, -0.1) is 0 Å². The summed E-state index contributed by atoms with van der Waals surface area (Å²) in [6.45, 7) is 6.74. The van der Waals surface area contributed by atoms with Crippen LogP contribution in [0, 0.1) is 0 Å². The zero-order valence-electron chi connectivity index (χ0n) is 6.31. The lowest BCUT2D eigenvalue weighted by Crippen LogP contribution is -2.09. The van der Waals surface area contributed by atoms with Crippen LogP contribution in [0.25, 0.3) is 0 Å². The van der Waals surface area contributed by atoms with E-state index in [1.54, 1.807) is 0 Å². The lowest BCUT2D eigenvalue weighted by Gasteiger charge is -2.00. The second kappa shape index (κ2) is 5.35. The third kappa shape index (κ3) is 3.76. The van der Waals surface area contributed by atoms with Crippen LogP contribution in [0.15, 0.2) is 16.8 Å². The molecule has 0 fully saturated rings. The fourth-order valence-corrected chi connectivity index (χ4v) is 0.486. The van der Waals surface area contributed by atoms with Crippen LogP contribution in [0.5, 0.6) is 0 Å². The molecule has 0 aromatic rings. The number of nitrogens with zero attached hydrogens (tertiary/aromatic N) is 1. The van der Waals surface area contributed by atoms with Crippen molar-refractivity contribution in [2.75, 3.05) is 6.67 Å². The summed E-state index contributed by atoms with van der Waals surface area (Å²) in [5.74, 6) is 0. The normalized spacial score (nSPS) is 14.8. The predicted octanol–water partition coefficient (Wildman–Crippen LogP) is 1.55. The Hall–Kier alpha value is -0.790. The van der Waals surface area contributed by atoms with Crippen molar-refractivity contribution in [3.8, 4) is 0 Å². The SMILES string of the molecule is CC.CC1=CNCN=C1. The molecule has 1 aliphatic rings. The highest BCUT2D eigenvalue weighted by Gasteiger charge is 1.84. The first kappa shape index (κ1) is 8.21. The zero-order chi connectivity index (χ0) is 7.11.